The second-order valence-corrected chi connectivity index (χ2v) is 7.08. The SMILES string of the molecule is Cc1ccc(NCc2cn3c(n2)CN(Cc2cccs2)CC3)nn1. The number of thiophene rings is 1. The molecule has 0 unspecified atom stereocenters. The van der Waals surface area contributed by atoms with Crippen LogP contribution in [0.15, 0.2) is 35.8 Å². The summed E-state index contributed by atoms with van der Waals surface area (Å²) < 4.78 is 2.27. The first-order chi connectivity index (χ1) is 11.8. The summed E-state index contributed by atoms with van der Waals surface area (Å²) in [5, 5.41) is 13.6. The highest BCUT2D eigenvalue weighted by atomic mass is 32.1. The Labute approximate surface area is 145 Å². The third kappa shape index (κ3) is 3.47. The molecule has 0 saturated heterocycles. The van der Waals surface area contributed by atoms with E-state index in [9.17, 15) is 0 Å². The fourth-order valence-electron chi connectivity index (χ4n) is 2.88. The van der Waals surface area contributed by atoms with Gasteiger partial charge in [-0.15, -0.1) is 16.4 Å². The second-order valence-electron chi connectivity index (χ2n) is 6.05. The summed E-state index contributed by atoms with van der Waals surface area (Å²) in [5.41, 5.74) is 1.97. The van der Waals surface area contributed by atoms with Gasteiger partial charge in [-0.25, -0.2) is 4.98 Å². The van der Waals surface area contributed by atoms with Crippen LogP contribution in [0.4, 0.5) is 5.82 Å². The van der Waals surface area contributed by atoms with Crippen LogP contribution in [-0.2, 0) is 26.2 Å². The number of nitrogens with one attached hydrogen (secondary N) is 1. The van der Waals surface area contributed by atoms with E-state index in [4.69, 9.17) is 4.98 Å². The summed E-state index contributed by atoms with van der Waals surface area (Å²) in [6.07, 6.45) is 2.15. The third-order valence-electron chi connectivity index (χ3n) is 4.14. The topological polar surface area (TPSA) is 58.9 Å². The molecule has 0 amide bonds. The zero-order chi connectivity index (χ0) is 16.4. The maximum atomic E-state index is 4.78. The van der Waals surface area contributed by atoms with Crippen LogP contribution in [0.2, 0.25) is 0 Å². The Morgan fingerprint density at radius 2 is 2.17 bits per heavy atom. The van der Waals surface area contributed by atoms with E-state index in [0.717, 1.165) is 49.2 Å². The highest BCUT2D eigenvalue weighted by Crippen LogP contribution is 2.18. The summed E-state index contributed by atoms with van der Waals surface area (Å²) in [5.74, 6) is 1.93. The quantitative estimate of drug-likeness (QED) is 0.774. The Balaban J connectivity index is 1.38. The van der Waals surface area contributed by atoms with Crippen LogP contribution in [-0.4, -0.2) is 31.2 Å². The molecule has 4 heterocycles. The van der Waals surface area contributed by atoms with Gasteiger partial charge >= 0.3 is 0 Å². The molecule has 6 nitrogen and oxygen atoms in total. The lowest BCUT2D eigenvalue weighted by Crippen LogP contribution is -2.32. The third-order valence-corrected chi connectivity index (χ3v) is 5.00. The number of aromatic nitrogens is 4. The predicted molar refractivity (Wildman–Crippen MR) is 94.8 cm³/mol. The maximum absolute atomic E-state index is 4.78. The van der Waals surface area contributed by atoms with Crippen LogP contribution in [0, 0.1) is 6.92 Å². The molecule has 1 aliphatic heterocycles. The van der Waals surface area contributed by atoms with Crippen molar-refractivity contribution in [2.24, 2.45) is 0 Å². The minimum atomic E-state index is 0.669. The van der Waals surface area contributed by atoms with Gasteiger partial charge in [0, 0.05) is 30.7 Å². The number of rotatable bonds is 5. The van der Waals surface area contributed by atoms with Gasteiger partial charge in [-0.05, 0) is 30.5 Å². The van der Waals surface area contributed by atoms with E-state index >= 15 is 0 Å². The summed E-state index contributed by atoms with van der Waals surface area (Å²) in [7, 11) is 0. The largest absolute Gasteiger partial charge is 0.363 e. The average Bonchev–Trinajstić information content (AvgIpc) is 3.23. The van der Waals surface area contributed by atoms with Gasteiger partial charge in [0.25, 0.3) is 0 Å². The van der Waals surface area contributed by atoms with Crippen molar-refractivity contribution < 1.29 is 0 Å². The normalized spacial score (nSPS) is 14.5. The summed E-state index contributed by atoms with van der Waals surface area (Å²) in [4.78, 5) is 8.64. The highest BCUT2D eigenvalue weighted by molar-refractivity contribution is 7.09. The molecule has 7 heteroatoms. The minimum Gasteiger partial charge on any atom is -0.363 e. The van der Waals surface area contributed by atoms with Gasteiger partial charge in [0.15, 0.2) is 0 Å². The Kier molecular flexibility index (Phi) is 4.27. The fraction of sp³-hybridized carbons (Fsp3) is 0.353. The van der Waals surface area contributed by atoms with Crippen molar-refractivity contribution in [1.29, 1.82) is 0 Å². The van der Waals surface area contributed by atoms with Crippen LogP contribution in [0.3, 0.4) is 0 Å². The molecular weight excluding hydrogens is 320 g/mol. The van der Waals surface area contributed by atoms with Crippen LogP contribution in [0.1, 0.15) is 22.1 Å². The molecule has 0 atom stereocenters. The number of aryl methyl sites for hydroxylation is 1. The van der Waals surface area contributed by atoms with E-state index in [1.165, 1.54) is 4.88 Å². The van der Waals surface area contributed by atoms with Gasteiger partial charge in [0.1, 0.15) is 11.6 Å². The standard InChI is InChI=1S/C17H20N6S/c1-13-4-5-16(21-20-13)18-9-14-10-23-7-6-22(12-17(23)19-14)11-15-3-2-8-24-15/h2-5,8,10H,6-7,9,11-12H2,1H3,(H,18,21). The van der Waals surface area contributed by atoms with E-state index in [1.807, 2.05) is 30.4 Å². The van der Waals surface area contributed by atoms with Crippen molar-refractivity contribution in [2.45, 2.75) is 33.1 Å². The lowest BCUT2D eigenvalue weighted by Gasteiger charge is -2.26. The molecule has 0 fully saturated rings. The van der Waals surface area contributed by atoms with Crippen molar-refractivity contribution in [3.8, 4) is 0 Å². The summed E-state index contributed by atoms with van der Waals surface area (Å²) in [6, 6.07) is 8.21. The van der Waals surface area contributed by atoms with E-state index < -0.39 is 0 Å². The van der Waals surface area contributed by atoms with Crippen molar-refractivity contribution in [3.63, 3.8) is 0 Å². The number of anilines is 1. The molecule has 3 aromatic heterocycles. The van der Waals surface area contributed by atoms with Gasteiger partial charge in [-0.1, -0.05) is 6.07 Å². The van der Waals surface area contributed by atoms with E-state index in [1.54, 1.807) is 0 Å². The number of fused-ring (bicyclic) bond motifs is 1. The molecule has 0 radical (unpaired) electrons. The lowest BCUT2D eigenvalue weighted by atomic mass is 10.3. The second kappa shape index (κ2) is 6.70. The molecular formula is C17H20N6S. The average molecular weight is 340 g/mol. The van der Waals surface area contributed by atoms with Gasteiger partial charge in [-0.2, -0.15) is 5.10 Å². The predicted octanol–water partition coefficient (Wildman–Crippen LogP) is 2.67. The zero-order valence-electron chi connectivity index (χ0n) is 13.6. The maximum Gasteiger partial charge on any atom is 0.148 e. The van der Waals surface area contributed by atoms with Gasteiger partial charge in [0.05, 0.1) is 24.5 Å². The van der Waals surface area contributed by atoms with Crippen LogP contribution < -0.4 is 5.32 Å². The molecule has 0 saturated carbocycles. The number of hydrogen-bond acceptors (Lipinski definition) is 6. The Hall–Kier alpha value is -2.25. The molecule has 0 spiro atoms. The Morgan fingerprint density at radius 3 is 2.96 bits per heavy atom. The zero-order valence-corrected chi connectivity index (χ0v) is 14.5. The molecule has 0 aromatic carbocycles. The van der Waals surface area contributed by atoms with Crippen molar-refractivity contribution in [2.75, 3.05) is 11.9 Å². The van der Waals surface area contributed by atoms with Gasteiger partial charge in [0.2, 0.25) is 0 Å². The molecule has 3 aromatic rings. The molecule has 0 bridgehead atoms. The first-order valence-corrected chi connectivity index (χ1v) is 8.98. The molecule has 1 N–H and O–H groups in total. The van der Waals surface area contributed by atoms with E-state index in [-0.39, 0.29) is 0 Å². The van der Waals surface area contributed by atoms with Gasteiger partial charge < -0.3 is 9.88 Å². The molecule has 1 aliphatic rings. The van der Waals surface area contributed by atoms with Crippen LogP contribution in [0.25, 0.3) is 0 Å². The summed E-state index contributed by atoms with van der Waals surface area (Å²) >= 11 is 1.82. The number of nitrogens with zero attached hydrogens (tertiary/aromatic N) is 5. The number of hydrogen-bond donors (Lipinski definition) is 1. The minimum absolute atomic E-state index is 0.669. The Morgan fingerprint density at radius 1 is 1.21 bits per heavy atom. The lowest BCUT2D eigenvalue weighted by molar-refractivity contribution is 0.210. The highest BCUT2D eigenvalue weighted by Gasteiger charge is 2.18. The van der Waals surface area contributed by atoms with Crippen molar-refractivity contribution >= 4 is 17.2 Å². The van der Waals surface area contributed by atoms with Crippen LogP contribution >= 0.6 is 11.3 Å². The molecule has 0 aliphatic carbocycles. The molecule has 24 heavy (non-hydrogen) atoms. The van der Waals surface area contributed by atoms with Crippen molar-refractivity contribution in [3.05, 3.63) is 57.9 Å². The molecule has 124 valence electrons. The molecule has 4 rings (SSSR count). The smallest absolute Gasteiger partial charge is 0.148 e. The fourth-order valence-corrected chi connectivity index (χ4v) is 3.62. The van der Waals surface area contributed by atoms with E-state index in [0.29, 0.717) is 6.54 Å². The van der Waals surface area contributed by atoms with Crippen molar-refractivity contribution in [1.82, 2.24) is 24.6 Å². The van der Waals surface area contributed by atoms with Gasteiger partial charge in [-0.3, -0.25) is 4.90 Å². The van der Waals surface area contributed by atoms with Crippen LogP contribution in [0.5, 0.6) is 0 Å². The monoisotopic (exact) mass is 340 g/mol. The van der Waals surface area contributed by atoms with E-state index in [2.05, 4.69) is 48.7 Å². The first-order valence-electron chi connectivity index (χ1n) is 8.10. The summed E-state index contributed by atoms with van der Waals surface area (Å²) in [6.45, 7) is 6.58. The Bertz CT molecular complexity index is 793. The first kappa shape index (κ1) is 15.3. The number of imidazole rings is 1.